The molecule has 8 heteroatoms. The van der Waals surface area contributed by atoms with Gasteiger partial charge in [0, 0.05) is 29.9 Å². The van der Waals surface area contributed by atoms with Gasteiger partial charge in [-0.25, -0.2) is 0 Å². The normalized spacial score (nSPS) is 13.8. The zero-order valence-corrected chi connectivity index (χ0v) is 14.6. The third kappa shape index (κ3) is 4.33. The van der Waals surface area contributed by atoms with E-state index in [-0.39, 0.29) is 23.0 Å². The van der Waals surface area contributed by atoms with E-state index in [1.165, 1.54) is 25.3 Å². The summed E-state index contributed by atoms with van der Waals surface area (Å²) in [6, 6.07) is 10.9. The molecule has 1 aliphatic rings. The van der Waals surface area contributed by atoms with Crippen molar-refractivity contribution < 1.29 is 27.8 Å². The number of amides is 2. The number of nitrogens with zero attached hydrogens (tertiary/aromatic N) is 1. The SMILES string of the molecule is COc1cc(C(=O)Nc2ccc(N3CCCC3=O)cc2)ccc1OC(F)F. The summed E-state index contributed by atoms with van der Waals surface area (Å²) in [5, 5.41) is 2.71. The maximum Gasteiger partial charge on any atom is 0.387 e. The van der Waals surface area contributed by atoms with Crippen LogP contribution in [0.4, 0.5) is 20.2 Å². The predicted octanol–water partition coefficient (Wildman–Crippen LogP) is 3.68. The highest BCUT2D eigenvalue weighted by molar-refractivity contribution is 6.05. The van der Waals surface area contributed by atoms with Gasteiger partial charge >= 0.3 is 6.61 Å². The van der Waals surface area contributed by atoms with E-state index in [1.807, 2.05) is 0 Å². The number of carbonyl (C=O) groups excluding carboxylic acids is 2. The van der Waals surface area contributed by atoms with Gasteiger partial charge in [0.2, 0.25) is 5.91 Å². The molecule has 0 radical (unpaired) electrons. The number of carbonyl (C=O) groups is 2. The zero-order valence-electron chi connectivity index (χ0n) is 14.6. The van der Waals surface area contributed by atoms with Crippen molar-refractivity contribution in [2.24, 2.45) is 0 Å². The molecule has 0 saturated carbocycles. The van der Waals surface area contributed by atoms with E-state index in [2.05, 4.69) is 10.1 Å². The molecular formula is C19H18F2N2O4. The summed E-state index contributed by atoms with van der Waals surface area (Å²) in [7, 11) is 1.30. The monoisotopic (exact) mass is 376 g/mol. The van der Waals surface area contributed by atoms with Crippen molar-refractivity contribution in [3.05, 3.63) is 48.0 Å². The van der Waals surface area contributed by atoms with Gasteiger partial charge in [0.1, 0.15) is 0 Å². The summed E-state index contributed by atoms with van der Waals surface area (Å²) in [6.07, 6.45) is 1.38. The average molecular weight is 376 g/mol. The van der Waals surface area contributed by atoms with Crippen molar-refractivity contribution >= 4 is 23.2 Å². The Kier molecular flexibility index (Phi) is 5.54. The van der Waals surface area contributed by atoms with Gasteiger partial charge in [-0.3, -0.25) is 9.59 Å². The van der Waals surface area contributed by atoms with Crippen LogP contribution in [0.3, 0.4) is 0 Å². The van der Waals surface area contributed by atoms with E-state index in [0.29, 0.717) is 18.7 Å². The van der Waals surface area contributed by atoms with Crippen molar-refractivity contribution in [3.63, 3.8) is 0 Å². The fraction of sp³-hybridized carbons (Fsp3) is 0.263. The lowest BCUT2D eigenvalue weighted by molar-refractivity contribution is -0.117. The Hall–Kier alpha value is -3.16. The zero-order chi connectivity index (χ0) is 19.4. The number of hydrogen-bond acceptors (Lipinski definition) is 4. The van der Waals surface area contributed by atoms with Crippen molar-refractivity contribution in [2.75, 3.05) is 23.9 Å². The molecule has 1 fully saturated rings. The van der Waals surface area contributed by atoms with Gasteiger partial charge in [0.25, 0.3) is 5.91 Å². The summed E-state index contributed by atoms with van der Waals surface area (Å²) in [5.41, 5.74) is 1.56. The quantitative estimate of drug-likeness (QED) is 0.835. The minimum atomic E-state index is -2.99. The summed E-state index contributed by atoms with van der Waals surface area (Å²) < 4.78 is 34.1. The number of nitrogens with one attached hydrogen (secondary N) is 1. The van der Waals surface area contributed by atoms with E-state index in [0.717, 1.165) is 12.1 Å². The van der Waals surface area contributed by atoms with Crippen LogP contribution in [0.1, 0.15) is 23.2 Å². The van der Waals surface area contributed by atoms with Gasteiger partial charge in [-0.2, -0.15) is 8.78 Å². The Morgan fingerprint density at radius 2 is 1.89 bits per heavy atom. The Morgan fingerprint density at radius 1 is 1.15 bits per heavy atom. The Balaban J connectivity index is 1.70. The second-order valence-electron chi connectivity index (χ2n) is 5.89. The molecule has 1 N–H and O–H groups in total. The van der Waals surface area contributed by atoms with Crippen LogP contribution in [-0.4, -0.2) is 32.1 Å². The van der Waals surface area contributed by atoms with Gasteiger partial charge in [0.05, 0.1) is 7.11 Å². The van der Waals surface area contributed by atoms with Gasteiger partial charge in [-0.05, 0) is 48.9 Å². The lowest BCUT2D eigenvalue weighted by Crippen LogP contribution is -2.23. The molecule has 1 aliphatic heterocycles. The molecule has 142 valence electrons. The Bertz CT molecular complexity index is 840. The minimum Gasteiger partial charge on any atom is -0.493 e. The van der Waals surface area contributed by atoms with E-state index >= 15 is 0 Å². The van der Waals surface area contributed by atoms with Crippen LogP contribution in [0.25, 0.3) is 0 Å². The molecular weight excluding hydrogens is 358 g/mol. The van der Waals surface area contributed by atoms with Crippen LogP contribution in [-0.2, 0) is 4.79 Å². The maximum absolute atomic E-state index is 12.4. The molecule has 2 aromatic carbocycles. The van der Waals surface area contributed by atoms with Gasteiger partial charge in [0.15, 0.2) is 11.5 Å². The number of alkyl halides is 2. The van der Waals surface area contributed by atoms with E-state index in [1.54, 1.807) is 29.2 Å². The largest absolute Gasteiger partial charge is 0.493 e. The van der Waals surface area contributed by atoms with Crippen LogP contribution >= 0.6 is 0 Å². The highest BCUT2D eigenvalue weighted by atomic mass is 19.3. The summed E-state index contributed by atoms with van der Waals surface area (Å²) in [5.74, 6) is -0.457. The van der Waals surface area contributed by atoms with E-state index < -0.39 is 12.5 Å². The number of methoxy groups -OCH3 is 1. The van der Waals surface area contributed by atoms with E-state index in [9.17, 15) is 18.4 Å². The smallest absolute Gasteiger partial charge is 0.387 e. The molecule has 0 bridgehead atoms. The number of anilines is 2. The first-order valence-electron chi connectivity index (χ1n) is 8.32. The molecule has 1 heterocycles. The van der Waals surface area contributed by atoms with Crippen LogP contribution in [0.15, 0.2) is 42.5 Å². The second-order valence-corrected chi connectivity index (χ2v) is 5.89. The van der Waals surface area contributed by atoms with Crippen LogP contribution in [0.5, 0.6) is 11.5 Å². The molecule has 6 nitrogen and oxygen atoms in total. The van der Waals surface area contributed by atoms with Crippen molar-refractivity contribution in [1.29, 1.82) is 0 Å². The lowest BCUT2D eigenvalue weighted by atomic mass is 10.1. The fourth-order valence-corrected chi connectivity index (χ4v) is 2.85. The molecule has 0 atom stereocenters. The second kappa shape index (κ2) is 8.03. The van der Waals surface area contributed by atoms with Crippen molar-refractivity contribution in [3.8, 4) is 11.5 Å². The summed E-state index contributed by atoms with van der Waals surface area (Å²) in [6.45, 7) is -2.29. The first-order valence-corrected chi connectivity index (χ1v) is 8.32. The first kappa shape index (κ1) is 18.6. The van der Waals surface area contributed by atoms with Crippen molar-refractivity contribution in [2.45, 2.75) is 19.5 Å². The number of rotatable bonds is 6. The third-order valence-electron chi connectivity index (χ3n) is 4.15. The third-order valence-corrected chi connectivity index (χ3v) is 4.15. The number of hydrogen-bond donors (Lipinski definition) is 1. The van der Waals surface area contributed by atoms with Crippen molar-refractivity contribution in [1.82, 2.24) is 0 Å². The first-order chi connectivity index (χ1) is 13.0. The lowest BCUT2D eigenvalue weighted by Gasteiger charge is -2.16. The summed E-state index contributed by atoms with van der Waals surface area (Å²) >= 11 is 0. The predicted molar refractivity (Wildman–Crippen MR) is 95.6 cm³/mol. The average Bonchev–Trinajstić information content (AvgIpc) is 3.08. The highest BCUT2D eigenvalue weighted by Crippen LogP contribution is 2.30. The van der Waals surface area contributed by atoms with Gasteiger partial charge < -0.3 is 19.7 Å². The molecule has 0 aromatic heterocycles. The van der Waals surface area contributed by atoms with Crippen LogP contribution in [0, 0.1) is 0 Å². The fourth-order valence-electron chi connectivity index (χ4n) is 2.85. The molecule has 2 aromatic rings. The van der Waals surface area contributed by atoms with Crippen LogP contribution in [0.2, 0.25) is 0 Å². The van der Waals surface area contributed by atoms with Gasteiger partial charge in [-0.15, -0.1) is 0 Å². The maximum atomic E-state index is 12.4. The standard InChI is InChI=1S/C19H18F2N2O4/c1-26-16-11-12(4-9-15(16)27-19(20)21)18(25)22-13-5-7-14(8-6-13)23-10-2-3-17(23)24/h4-9,11,19H,2-3,10H2,1H3,(H,22,25). The number of ether oxygens (including phenoxy) is 2. The number of benzene rings is 2. The van der Waals surface area contributed by atoms with Crippen LogP contribution < -0.4 is 19.7 Å². The Morgan fingerprint density at radius 3 is 2.48 bits per heavy atom. The van der Waals surface area contributed by atoms with E-state index in [4.69, 9.17) is 4.74 Å². The number of halogens is 2. The topological polar surface area (TPSA) is 67.9 Å². The minimum absolute atomic E-state index is 0.0332. The molecule has 2 amide bonds. The molecule has 0 unspecified atom stereocenters. The molecule has 0 spiro atoms. The Labute approximate surface area is 154 Å². The summed E-state index contributed by atoms with van der Waals surface area (Å²) in [4.78, 5) is 25.9. The molecule has 0 aliphatic carbocycles. The van der Waals surface area contributed by atoms with Gasteiger partial charge in [-0.1, -0.05) is 0 Å². The molecule has 1 saturated heterocycles. The molecule has 27 heavy (non-hydrogen) atoms. The molecule has 3 rings (SSSR count). The highest BCUT2D eigenvalue weighted by Gasteiger charge is 2.21.